The molecule has 1 aromatic carbocycles. The average Bonchev–Trinajstić information content (AvgIpc) is 2.11. The van der Waals surface area contributed by atoms with Crippen LogP contribution >= 0.6 is 0 Å². The maximum Gasteiger partial charge on any atom is 0.0367 e. The fraction of sp³-hybridized carbons (Fsp3) is 0.455. The maximum atomic E-state index is 5.84. The van der Waals surface area contributed by atoms with Crippen LogP contribution in [0, 0.1) is 5.92 Å². The fourth-order valence-corrected chi connectivity index (χ4v) is 1.35. The van der Waals surface area contributed by atoms with Crippen molar-refractivity contribution in [3.05, 3.63) is 23.8 Å². The Hall–Kier alpha value is -1.18. The summed E-state index contributed by atoms with van der Waals surface area (Å²) in [6, 6.07) is 5.72. The van der Waals surface area contributed by atoms with E-state index in [0.29, 0.717) is 5.92 Å². The zero-order valence-corrected chi connectivity index (χ0v) is 8.38. The second-order valence-corrected chi connectivity index (χ2v) is 3.63. The molecule has 0 aromatic heterocycles. The number of hydrogen-bond donors (Lipinski definition) is 2. The van der Waals surface area contributed by atoms with Crippen LogP contribution in [-0.4, -0.2) is 0 Å². The lowest BCUT2D eigenvalue weighted by Crippen LogP contribution is -2.05. The van der Waals surface area contributed by atoms with Gasteiger partial charge in [0.1, 0.15) is 0 Å². The van der Waals surface area contributed by atoms with Crippen LogP contribution in [0.4, 0.5) is 11.4 Å². The molecule has 0 bridgehead atoms. The quantitative estimate of drug-likeness (QED) is 0.698. The first-order chi connectivity index (χ1) is 6.15. The molecule has 0 amide bonds. The lowest BCUT2D eigenvalue weighted by Gasteiger charge is -2.12. The van der Waals surface area contributed by atoms with Crippen molar-refractivity contribution in [3.63, 3.8) is 0 Å². The number of benzene rings is 1. The summed E-state index contributed by atoms with van der Waals surface area (Å²) in [5.74, 6) is 0.645. The predicted molar refractivity (Wildman–Crippen MR) is 58.4 cm³/mol. The van der Waals surface area contributed by atoms with Gasteiger partial charge in [0.2, 0.25) is 0 Å². The van der Waals surface area contributed by atoms with Gasteiger partial charge in [0.05, 0.1) is 0 Å². The normalized spacial score (nSPS) is 12.8. The van der Waals surface area contributed by atoms with Gasteiger partial charge in [0.15, 0.2) is 0 Å². The van der Waals surface area contributed by atoms with E-state index in [9.17, 15) is 0 Å². The third-order valence-corrected chi connectivity index (χ3v) is 2.50. The number of anilines is 2. The van der Waals surface area contributed by atoms with E-state index in [1.165, 1.54) is 0 Å². The lowest BCUT2D eigenvalue weighted by molar-refractivity contribution is 0.562. The monoisotopic (exact) mass is 178 g/mol. The van der Waals surface area contributed by atoms with Gasteiger partial charge in [0, 0.05) is 11.4 Å². The molecule has 1 unspecified atom stereocenters. The van der Waals surface area contributed by atoms with Gasteiger partial charge in [-0.15, -0.1) is 0 Å². The van der Waals surface area contributed by atoms with Crippen molar-refractivity contribution in [1.29, 1.82) is 0 Å². The van der Waals surface area contributed by atoms with E-state index in [-0.39, 0.29) is 0 Å². The van der Waals surface area contributed by atoms with E-state index in [4.69, 9.17) is 11.5 Å². The number of nitrogen functional groups attached to an aromatic ring is 2. The summed E-state index contributed by atoms with van der Waals surface area (Å²) in [4.78, 5) is 0. The fourth-order valence-electron chi connectivity index (χ4n) is 1.35. The average molecular weight is 178 g/mol. The minimum Gasteiger partial charge on any atom is -0.398 e. The van der Waals surface area contributed by atoms with E-state index >= 15 is 0 Å². The third-order valence-electron chi connectivity index (χ3n) is 2.50. The van der Waals surface area contributed by atoms with E-state index in [1.54, 1.807) is 0 Å². The van der Waals surface area contributed by atoms with Gasteiger partial charge in [0.25, 0.3) is 0 Å². The first kappa shape index (κ1) is 9.90. The highest BCUT2D eigenvalue weighted by molar-refractivity contribution is 5.61. The largest absolute Gasteiger partial charge is 0.398 e. The predicted octanol–water partition coefficient (Wildman–Crippen LogP) is 2.44. The molecule has 0 aliphatic carbocycles. The Morgan fingerprint density at radius 1 is 1.23 bits per heavy atom. The van der Waals surface area contributed by atoms with Crippen LogP contribution in [-0.2, 0) is 6.42 Å². The van der Waals surface area contributed by atoms with Crippen LogP contribution in [0.15, 0.2) is 18.2 Å². The zero-order chi connectivity index (χ0) is 9.84. The zero-order valence-electron chi connectivity index (χ0n) is 8.38. The SMILES string of the molecule is CCC(C)Cc1c(N)cccc1N. The van der Waals surface area contributed by atoms with Crippen molar-refractivity contribution in [2.75, 3.05) is 11.5 Å². The minimum absolute atomic E-state index is 0.645. The van der Waals surface area contributed by atoms with E-state index in [1.807, 2.05) is 18.2 Å². The van der Waals surface area contributed by atoms with Gasteiger partial charge in [-0.25, -0.2) is 0 Å². The molecule has 1 atom stereocenters. The molecule has 0 aliphatic rings. The van der Waals surface area contributed by atoms with Crippen molar-refractivity contribution in [3.8, 4) is 0 Å². The molecule has 13 heavy (non-hydrogen) atoms. The Labute approximate surface area is 79.9 Å². The first-order valence-electron chi connectivity index (χ1n) is 4.78. The molecule has 0 saturated carbocycles. The van der Waals surface area contributed by atoms with Gasteiger partial charge in [-0.3, -0.25) is 0 Å². The minimum atomic E-state index is 0.645. The second kappa shape index (κ2) is 4.17. The van der Waals surface area contributed by atoms with E-state index in [2.05, 4.69) is 13.8 Å². The van der Waals surface area contributed by atoms with Crippen LogP contribution in [0.2, 0.25) is 0 Å². The summed E-state index contributed by atoms with van der Waals surface area (Å²) < 4.78 is 0. The molecule has 0 spiro atoms. The Bertz CT molecular complexity index is 261. The number of hydrogen-bond acceptors (Lipinski definition) is 2. The highest BCUT2D eigenvalue weighted by Crippen LogP contribution is 2.23. The molecule has 1 rings (SSSR count). The lowest BCUT2D eigenvalue weighted by atomic mass is 9.96. The Kier molecular flexibility index (Phi) is 3.18. The molecule has 0 fully saturated rings. The molecule has 0 radical (unpaired) electrons. The molecule has 0 heterocycles. The summed E-state index contributed by atoms with van der Waals surface area (Å²) >= 11 is 0. The molecule has 1 aromatic rings. The highest BCUT2D eigenvalue weighted by Gasteiger charge is 2.07. The van der Waals surface area contributed by atoms with Gasteiger partial charge in [-0.1, -0.05) is 26.3 Å². The molecule has 4 N–H and O–H groups in total. The Balaban J connectivity index is 2.87. The molecular weight excluding hydrogens is 160 g/mol. The second-order valence-electron chi connectivity index (χ2n) is 3.63. The van der Waals surface area contributed by atoms with Crippen LogP contribution in [0.1, 0.15) is 25.8 Å². The van der Waals surface area contributed by atoms with Gasteiger partial charge in [-0.2, -0.15) is 0 Å². The van der Waals surface area contributed by atoms with Gasteiger partial charge in [-0.05, 0) is 30.0 Å². The van der Waals surface area contributed by atoms with Crippen LogP contribution in [0.5, 0.6) is 0 Å². The number of nitrogens with two attached hydrogens (primary N) is 2. The van der Waals surface area contributed by atoms with Crippen molar-refractivity contribution < 1.29 is 0 Å². The summed E-state index contributed by atoms with van der Waals surface area (Å²) in [7, 11) is 0. The van der Waals surface area contributed by atoms with Crippen molar-refractivity contribution >= 4 is 11.4 Å². The molecule has 72 valence electrons. The van der Waals surface area contributed by atoms with Crippen LogP contribution in [0.3, 0.4) is 0 Å². The Morgan fingerprint density at radius 2 is 1.77 bits per heavy atom. The summed E-state index contributed by atoms with van der Waals surface area (Å²) in [5.41, 5.74) is 14.4. The van der Waals surface area contributed by atoms with Gasteiger partial charge < -0.3 is 11.5 Å². The standard InChI is InChI=1S/C11H18N2/c1-3-8(2)7-9-10(12)5-4-6-11(9)13/h4-6,8H,3,7,12-13H2,1-2H3. The summed E-state index contributed by atoms with van der Waals surface area (Å²) in [6.45, 7) is 4.39. The van der Waals surface area contributed by atoms with Crippen LogP contribution < -0.4 is 11.5 Å². The molecular formula is C11H18N2. The number of rotatable bonds is 3. The molecule has 2 heteroatoms. The summed E-state index contributed by atoms with van der Waals surface area (Å²) in [6.07, 6.45) is 2.14. The van der Waals surface area contributed by atoms with E-state index < -0.39 is 0 Å². The van der Waals surface area contributed by atoms with Crippen LogP contribution in [0.25, 0.3) is 0 Å². The maximum absolute atomic E-state index is 5.84. The molecule has 2 nitrogen and oxygen atoms in total. The van der Waals surface area contributed by atoms with E-state index in [0.717, 1.165) is 29.8 Å². The van der Waals surface area contributed by atoms with Crippen molar-refractivity contribution in [2.24, 2.45) is 5.92 Å². The smallest absolute Gasteiger partial charge is 0.0367 e. The third kappa shape index (κ3) is 2.38. The van der Waals surface area contributed by atoms with Crippen molar-refractivity contribution in [2.45, 2.75) is 26.7 Å². The topological polar surface area (TPSA) is 52.0 Å². The summed E-state index contributed by atoms with van der Waals surface area (Å²) in [5, 5.41) is 0. The molecule has 0 saturated heterocycles. The first-order valence-corrected chi connectivity index (χ1v) is 4.78. The highest BCUT2D eigenvalue weighted by atomic mass is 14.6. The van der Waals surface area contributed by atoms with Gasteiger partial charge >= 0.3 is 0 Å². The Morgan fingerprint density at radius 3 is 2.23 bits per heavy atom. The van der Waals surface area contributed by atoms with Crippen molar-refractivity contribution in [1.82, 2.24) is 0 Å². The molecule has 0 aliphatic heterocycles.